The lowest BCUT2D eigenvalue weighted by Gasteiger charge is -2.16. The number of thioether (sulfide) groups is 1. The van der Waals surface area contributed by atoms with Crippen LogP contribution >= 0.6 is 11.8 Å². The highest BCUT2D eigenvalue weighted by atomic mass is 32.2. The first-order chi connectivity index (χ1) is 15.7. The average molecular weight is 472 g/mol. The van der Waals surface area contributed by atoms with E-state index in [9.17, 15) is 28.6 Å². The molecule has 2 atom stereocenters. The average Bonchev–Trinajstić information content (AvgIpc) is 3.20. The molecule has 3 aromatic rings. The van der Waals surface area contributed by atoms with Crippen LogP contribution in [0, 0.1) is 23.4 Å². The van der Waals surface area contributed by atoms with Gasteiger partial charge in [0.1, 0.15) is 34.4 Å². The molecule has 0 bridgehead atoms. The predicted octanol–water partition coefficient (Wildman–Crippen LogP) is 5.02. The van der Waals surface area contributed by atoms with Gasteiger partial charge in [0.15, 0.2) is 0 Å². The molecule has 1 fully saturated rings. The molecule has 1 aliphatic carbocycles. The van der Waals surface area contributed by atoms with Gasteiger partial charge in [-0.05, 0) is 43.0 Å². The smallest absolute Gasteiger partial charge is 0.341 e. The summed E-state index contributed by atoms with van der Waals surface area (Å²) in [5.41, 5.74) is -2.07. The van der Waals surface area contributed by atoms with Crippen molar-refractivity contribution in [3.63, 3.8) is 0 Å². The summed E-state index contributed by atoms with van der Waals surface area (Å²) >= 11 is 1.27. The number of aromatic nitrogens is 2. The Bertz CT molecular complexity index is 1460. The van der Waals surface area contributed by atoms with Crippen molar-refractivity contribution in [1.82, 2.24) is 9.55 Å². The molecule has 0 radical (unpaired) electrons. The minimum Gasteiger partial charge on any atom is -0.507 e. The molecule has 0 amide bonds. The third-order valence-electron chi connectivity index (χ3n) is 5.75. The summed E-state index contributed by atoms with van der Waals surface area (Å²) in [5, 5.41) is 18.7. The second-order valence-corrected chi connectivity index (χ2v) is 9.04. The normalized spacial score (nSPS) is 19.8. The second-order valence-electron chi connectivity index (χ2n) is 7.80. The van der Waals surface area contributed by atoms with E-state index in [-0.39, 0.29) is 34.1 Å². The van der Waals surface area contributed by atoms with Gasteiger partial charge in [-0.1, -0.05) is 6.08 Å². The van der Waals surface area contributed by atoms with Crippen LogP contribution in [0.5, 0.6) is 0 Å². The Morgan fingerprint density at radius 1 is 1.18 bits per heavy atom. The Morgan fingerprint density at radius 3 is 2.67 bits per heavy atom. The molecule has 2 aliphatic rings. The molecule has 0 spiro atoms. The number of hydrogen-bond donors (Lipinski definition) is 2. The number of pyridine rings is 2. The highest BCUT2D eigenvalue weighted by Gasteiger charge is 2.36. The number of aliphatic hydroxyl groups excluding tert-OH is 1. The first kappa shape index (κ1) is 21.3. The van der Waals surface area contributed by atoms with Gasteiger partial charge in [-0.2, -0.15) is 0 Å². The molecular weight excluding hydrogens is 457 g/mol. The summed E-state index contributed by atoms with van der Waals surface area (Å²) in [6.07, 6.45) is 5.50. The Morgan fingerprint density at radius 2 is 1.97 bits per heavy atom. The maximum absolute atomic E-state index is 15.1. The van der Waals surface area contributed by atoms with Crippen LogP contribution in [-0.4, -0.2) is 25.7 Å². The molecule has 5 rings (SSSR count). The highest BCUT2D eigenvalue weighted by molar-refractivity contribution is 8.03. The van der Waals surface area contributed by atoms with E-state index in [1.54, 1.807) is 6.08 Å². The van der Waals surface area contributed by atoms with Crippen molar-refractivity contribution >= 4 is 28.8 Å². The summed E-state index contributed by atoms with van der Waals surface area (Å²) < 4.78 is 44.2. The Balaban J connectivity index is 1.74. The third-order valence-corrected chi connectivity index (χ3v) is 7.25. The molecule has 2 unspecified atom stereocenters. The molecule has 1 saturated heterocycles. The van der Waals surface area contributed by atoms with E-state index in [1.165, 1.54) is 11.8 Å². The Kier molecular flexibility index (Phi) is 5.04. The van der Waals surface area contributed by atoms with Crippen molar-refractivity contribution in [2.45, 2.75) is 18.1 Å². The summed E-state index contributed by atoms with van der Waals surface area (Å²) in [6, 6.07) is 3.58. The van der Waals surface area contributed by atoms with Crippen molar-refractivity contribution < 1.29 is 28.2 Å². The van der Waals surface area contributed by atoms with E-state index in [2.05, 4.69) is 4.98 Å². The number of carboxylic acid groups (broad SMARTS) is 1. The van der Waals surface area contributed by atoms with Crippen LogP contribution in [-0.2, 0) is 0 Å². The van der Waals surface area contributed by atoms with Crippen LogP contribution in [0.3, 0.4) is 0 Å². The van der Waals surface area contributed by atoms with Crippen LogP contribution in [0.4, 0.5) is 13.2 Å². The van der Waals surface area contributed by atoms with Crippen molar-refractivity contribution in [1.29, 1.82) is 0 Å². The maximum atomic E-state index is 15.1. The lowest BCUT2D eigenvalue weighted by Crippen LogP contribution is -2.20. The number of benzene rings is 1. The number of carboxylic acids is 1. The standard InChI is InChI=1S/C23H15F3N2O4S/c24-11-4-5-16(14(25)7-11)28-9-13(23(31)32)20(30)12-8-15(26)19(27-22(12)28)18-6-10-2-1-3-17(29)21(10)33-18/h1,3-5,7-10,18,29H,2,6H2,(H,31,32). The van der Waals surface area contributed by atoms with Gasteiger partial charge in [-0.3, -0.25) is 9.36 Å². The van der Waals surface area contributed by atoms with Gasteiger partial charge >= 0.3 is 5.97 Å². The van der Waals surface area contributed by atoms with Crippen LogP contribution < -0.4 is 5.43 Å². The molecule has 0 saturated carbocycles. The van der Waals surface area contributed by atoms with Gasteiger partial charge in [-0.15, -0.1) is 11.8 Å². The lowest BCUT2D eigenvalue weighted by atomic mass is 9.94. The first-order valence-electron chi connectivity index (χ1n) is 9.95. The maximum Gasteiger partial charge on any atom is 0.341 e. The van der Waals surface area contributed by atoms with Gasteiger partial charge in [0.25, 0.3) is 0 Å². The fourth-order valence-corrected chi connectivity index (χ4v) is 5.69. The molecule has 10 heteroatoms. The summed E-state index contributed by atoms with van der Waals surface area (Å²) in [7, 11) is 0. The summed E-state index contributed by atoms with van der Waals surface area (Å²) in [4.78, 5) is 29.4. The van der Waals surface area contributed by atoms with E-state index in [0.29, 0.717) is 18.9 Å². The molecule has 1 aromatic carbocycles. The molecule has 168 valence electrons. The molecule has 1 aliphatic heterocycles. The van der Waals surface area contributed by atoms with Crippen LogP contribution in [0.2, 0.25) is 0 Å². The van der Waals surface area contributed by atoms with Gasteiger partial charge in [0.05, 0.1) is 22.0 Å². The van der Waals surface area contributed by atoms with Crippen molar-refractivity contribution in [3.8, 4) is 5.69 Å². The van der Waals surface area contributed by atoms with E-state index < -0.39 is 39.7 Å². The molecule has 2 aromatic heterocycles. The van der Waals surface area contributed by atoms with E-state index in [0.717, 1.165) is 33.9 Å². The SMILES string of the molecule is O=C(O)c1cn(-c2ccc(F)cc2F)c2nc(C3CC4CC=CC(O)=C4S3)c(F)cc2c1=O. The van der Waals surface area contributed by atoms with E-state index >= 15 is 4.39 Å². The van der Waals surface area contributed by atoms with Gasteiger partial charge in [0, 0.05) is 17.2 Å². The number of hydrogen-bond acceptors (Lipinski definition) is 5. The van der Waals surface area contributed by atoms with Crippen molar-refractivity contribution in [2.24, 2.45) is 5.92 Å². The molecule has 3 heterocycles. The number of rotatable bonds is 3. The first-order valence-corrected chi connectivity index (χ1v) is 10.8. The number of halogens is 3. The molecule has 33 heavy (non-hydrogen) atoms. The Hall–Kier alpha value is -3.53. The zero-order chi connectivity index (χ0) is 23.4. The summed E-state index contributed by atoms with van der Waals surface area (Å²) in [5.74, 6) is -4.10. The topological polar surface area (TPSA) is 92.4 Å². The number of aliphatic hydroxyl groups is 1. The van der Waals surface area contributed by atoms with Gasteiger partial charge in [-0.25, -0.2) is 22.9 Å². The fourth-order valence-electron chi connectivity index (χ4n) is 4.21. The van der Waals surface area contributed by atoms with Crippen molar-refractivity contribution in [3.05, 3.63) is 92.2 Å². The molecule has 6 nitrogen and oxygen atoms in total. The summed E-state index contributed by atoms with van der Waals surface area (Å²) in [6.45, 7) is 0. The number of fused-ring (bicyclic) bond motifs is 2. The highest BCUT2D eigenvalue weighted by Crippen LogP contribution is 2.54. The fraction of sp³-hybridized carbons (Fsp3) is 0.174. The lowest BCUT2D eigenvalue weighted by molar-refractivity contribution is 0.0695. The molecule has 2 N–H and O–H groups in total. The number of allylic oxidation sites excluding steroid dienone is 3. The Labute approximate surface area is 188 Å². The van der Waals surface area contributed by atoms with Crippen LogP contribution in [0.25, 0.3) is 16.7 Å². The largest absolute Gasteiger partial charge is 0.507 e. The van der Waals surface area contributed by atoms with Gasteiger partial charge < -0.3 is 10.2 Å². The minimum atomic E-state index is -1.58. The zero-order valence-electron chi connectivity index (χ0n) is 16.8. The number of aromatic carboxylic acids is 1. The van der Waals surface area contributed by atoms with Gasteiger partial charge in [0.2, 0.25) is 5.43 Å². The monoisotopic (exact) mass is 472 g/mol. The number of carbonyl (C=O) groups is 1. The number of nitrogens with zero attached hydrogens (tertiary/aromatic N) is 2. The predicted molar refractivity (Wildman–Crippen MR) is 116 cm³/mol. The zero-order valence-corrected chi connectivity index (χ0v) is 17.6. The van der Waals surface area contributed by atoms with Crippen molar-refractivity contribution in [2.75, 3.05) is 0 Å². The third kappa shape index (κ3) is 3.50. The van der Waals surface area contributed by atoms with E-state index in [4.69, 9.17) is 0 Å². The minimum absolute atomic E-state index is 0.000875. The van der Waals surface area contributed by atoms with Crippen LogP contribution in [0.1, 0.15) is 34.1 Å². The quantitative estimate of drug-likeness (QED) is 0.556. The second kappa shape index (κ2) is 7.80. The van der Waals surface area contributed by atoms with Crippen LogP contribution in [0.15, 0.2) is 58.1 Å². The molecular formula is C23H15F3N2O4S. The van der Waals surface area contributed by atoms with E-state index in [1.807, 2.05) is 6.08 Å².